The van der Waals surface area contributed by atoms with Gasteiger partial charge in [0.25, 0.3) is 0 Å². The zero-order valence-electron chi connectivity index (χ0n) is 17.1. The molecule has 0 aliphatic heterocycles. The third-order valence-electron chi connectivity index (χ3n) is 4.19. The van der Waals surface area contributed by atoms with E-state index in [0.717, 1.165) is 5.56 Å². The molecule has 0 aliphatic carbocycles. The summed E-state index contributed by atoms with van der Waals surface area (Å²) in [5.74, 6) is -2.49. The van der Waals surface area contributed by atoms with E-state index < -0.39 is 43.0 Å². The predicted octanol–water partition coefficient (Wildman–Crippen LogP) is 1.76. The molecule has 0 unspecified atom stereocenters. The maximum Gasteiger partial charge on any atom is 0.407 e. The summed E-state index contributed by atoms with van der Waals surface area (Å²) in [5.41, 5.74) is 1.43. The van der Waals surface area contributed by atoms with E-state index in [1.54, 1.807) is 36.4 Å². The van der Waals surface area contributed by atoms with Crippen molar-refractivity contribution in [1.82, 2.24) is 16.0 Å². The Labute approximate surface area is 216 Å². The number of rotatable bonds is 10. The number of carbonyl (C=O) groups excluding carboxylic acids is 3. The molecule has 0 saturated carbocycles. The lowest BCUT2D eigenvalue weighted by Crippen LogP contribution is -2.51. The van der Waals surface area contributed by atoms with E-state index in [1.807, 2.05) is 51.2 Å². The number of phenols is 1. The maximum absolute atomic E-state index is 12.5. The number of ether oxygens (including phenoxy) is 1. The van der Waals surface area contributed by atoms with Crippen LogP contribution < -0.4 is 16.0 Å². The molecular formula is C21H21I2N3O7. The minimum Gasteiger partial charge on any atom is -0.506 e. The first-order chi connectivity index (χ1) is 15.7. The van der Waals surface area contributed by atoms with Crippen molar-refractivity contribution in [3.63, 3.8) is 0 Å². The van der Waals surface area contributed by atoms with Crippen molar-refractivity contribution in [1.29, 1.82) is 0 Å². The third-order valence-corrected chi connectivity index (χ3v) is 5.83. The van der Waals surface area contributed by atoms with E-state index in [0.29, 0.717) is 12.7 Å². The summed E-state index contributed by atoms with van der Waals surface area (Å²) in [4.78, 5) is 47.4. The molecule has 0 heterocycles. The van der Waals surface area contributed by atoms with Crippen LogP contribution in [0.2, 0.25) is 0 Å². The first kappa shape index (κ1) is 26.6. The number of carboxylic acids is 1. The highest BCUT2D eigenvalue weighted by Gasteiger charge is 2.23. The minimum atomic E-state index is -1.23. The molecule has 10 nitrogen and oxygen atoms in total. The van der Waals surface area contributed by atoms with E-state index >= 15 is 0 Å². The Morgan fingerprint density at radius 2 is 1.58 bits per heavy atom. The van der Waals surface area contributed by atoms with E-state index in [2.05, 4.69) is 16.0 Å². The fourth-order valence-corrected chi connectivity index (χ4v) is 4.54. The molecule has 5 N–H and O–H groups in total. The molecule has 0 radical (unpaired) electrons. The highest BCUT2D eigenvalue weighted by atomic mass is 127. The summed E-state index contributed by atoms with van der Waals surface area (Å²) in [7, 11) is 0. The van der Waals surface area contributed by atoms with Crippen LogP contribution in [0.3, 0.4) is 0 Å². The molecule has 33 heavy (non-hydrogen) atoms. The Bertz CT molecular complexity index is 995. The number of amides is 3. The molecule has 0 bridgehead atoms. The van der Waals surface area contributed by atoms with Crippen LogP contribution in [0.15, 0.2) is 42.5 Å². The summed E-state index contributed by atoms with van der Waals surface area (Å²) >= 11 is 3.88. The predicted molar refractivity (Wildman–Crippen MR) is 134 cm³/mol. The van der Waals surface area contributed by atoms with Crippen LogP contribution in [0.5, 0.6) is 5.75 Å². The number of phenolic OH excluding ortho intramolecular Hbond substituents is 1. The molecule has 176 valence electrons. The summed E-state index contributed by atoms with van der Waals surface area (Å²) in [6.45, 7) is -1.02. The van der Waals surface area contributed by atoms with Gasteiger partial charge in [-0.25, -0.2) is 4.79 Å². The van der Waals surface area contributed by atoms with Gasteiger partial charge in [-0.2, -0.15) is 0 Å². The largest absolute Gasteiger partial charge is 0.506 e. The van der Waals surface area contributed by atoms with Gasteiger partial charge in [0.15, 0.2) is 0 Å². The summed E-state index contributed by atoms with van der Waals surface area (Å²) in [6.07, 6.45) is -0.759. The standard InChI is InChI=1S/C21H21I2N3O7/c22-14-6-13(7-15(23)19(14)30)8-16(20(31)24-10-18(28)29)26-17(27)9-25-21(32)33-11-12-4-2-1-3-5-12/h1-7,16,30H,8-11H2,(H,24,31)(H,25,32)(H,26,27)(H,28,29)/t16-/m0/s1. The summed E-state index contributed by atoms with van der Waals surface area (Å²) in [6, 6.07) is 11.2. The molecule has 2 rings (SSSR count). The number of carbonyl (C=O) groups is 4. The molecule has 2 aromatic carbocycles. The van der Waals surface area contributed by atoms with Crippen molar-refractivity contribution >= 4 is 69.1 Å². The molecule has 1 atom stereocenters. The normalized spacial score (nSPS) is 11.2. The van der Waals surface area contributed by atoms with Gasteiger partial charge in [0.05, 0.1) is 7.14 Å². The third kappa shape index (κ3) is 9.41. The topological polar surface area (TPSA) is 154 Å². The van der Waals surface area contributed by atoms with Crippen molar-refractivity contribution in [3.05, 3.63) is 60.7 Å². The monoisotopic (exact) mass is 681 g/mol. The highest BCUT2D eigenvalue weighted by molar-refractivity contribution is 14.1. The number of carboxylic acid groups (broad SMARTS) is 1. The first-order valence-corrected chi connectivity index (χ1v) is 11.7. The van der Waals surface area contributed by atoms with Gasteiger partial charge >= 0.3 is 12.1 Å². The van der Waals surface area contributed by atoms with Crippen LogP contribution in [0.4, 0.5) is 4.79 Å². The van der Waals surface area contributed by atoms with Crippen LogP contribution in [0.25, 0.3) is 0 Å². The average Bonchev–Trinajstić information content (AvgIpc) is 2.78. The van der Waals surface area contributed by atoms with Gasteiger partial charge in [-0.15, -0.1) is 0 Å². The second kappa shape index (κ2) is 13.2. The zero-order valence-corrected chi connectivity index (χ0v) is 21.5. The minimum absolute atomic E-state index is 0.0344. The SMILES string of the molecule is O=C(O)CNC(=O)[C@H](Cc1cc(I)c(O)c(I)c1)NC(=O)CNC(=O)OCc1ccccc1. The number of benzene rings is 2. The van der Waals surface area contributed by atoms with E-state index in [-0.39, 0.29) is 18.8 Å². The lowest BCUT2D eigenvalue weighted by atomic mass is 10.0. The van der Waals surface area contributed by atoms with Gasteiger partial charge in [-0.3, -0.25) is 14.4 Å². The van der Waals surface area contributed by atoms with Crippen LogP contribution in [0.1, 0.15) is 11.1 Å². The Hall–Kier alpha value is -2.62. The number of nitrogens with one attached hydrogen (secondary N) is 3. The van der Waals surface area contributed by atoms with Crippen LogP contribution >= 0.6 is 45.2 Å². The van der Waals surface area contributed by atoms with Gasteiger partial charge in [-0.1, -0.05) is 30.3 Å². The molecule has 0 saturated heterocycles. The smallest absolute Gasteiger partial charge is 0.407 e. The second-order valence-electron chi connectivity index (χ2n) is 6.76. The van der Waals surface area contributed by atoms with Crippen LogP contribution in [0, 0.1) is 7.14 Å². The van der Waals surface area contributed by atoms with Crippen LogP contribution in [-0.2, 0) is 32.1 Å². The number of aromatic hydroxyl groups is 1. The Kier molecular flexibility index (Phi) is 10.6. The average molecular weight is 681 g/mol. The van der Waals surface area contributed by atoms with Crippen molar-refractivity contribution in [2.45, 2.75) is 19.1 Å². The van der Waals surface area contributed by atoms with Crippen molar-refractivity contribution in [3.8, 4) is 5.75 Å². The molecule has 0 spiro atoms. The molecular weight excluding hydrogens is 660 g/mol. The second-order valence-corrected chi connectivity index (χ2v) is 9.08. The fraction of sp³-hybridized carbons (Fsp3) is 0.238. The number of hydrogen-bond acceptors (Lipinski definition) is 6. The Morgan fingerprint density at radius 1 is 0.939 bits per heavy atom. The van der Waals surface area contributed by atoms with Gasteiger partial charge < -0.3 is 30.9 Å². The van der Waals surface area contributed by atoms with Gasteiger partial charge in [0, 0.05) is 6.42 Å². The fourth-order valence-electron chi connectivity index (χ4n) is 2.64. The highest BCUT2D eigenvalue weighted by Crippen LogP contribution is 2.27. The van der Waals surface area contributed by atoms with E-state index in [9.17, 15) is 24.3 Å². The molecule has 3 amide bonds. The number of hydrogen-bond donors (Lipinski definition) is 5. The van der Waals surface area contributed by atoms with Crippen LogP contribution in [-0.4, -0.2) is 53.2 Å². The lowest BCUT2D eigenvalue weighted by Gasteiger charge is -2.19. The molecule has 0 fully saturated rings. The van der Waals surface area contributed by atoms with E-state index in [4.69, 9.17) is 9.84 Å². The van der Waals surface area contributed by atoms with Crippen molar-refractivity contribution in [2.24, 2.45) is 0 Å². The Balaban J connectivity index is 1.96. The number of halogens is 2. The molecule has 2 aromatic rings. The number of aliphatic carboxylic acids is 1. The van der Waals surface area contributed by atoms with Crippen molar-refractivity contribution < 1.29 is 34.1 Å². The number of alkyl carbamates (subject to hydrolysis) is 1. The van der Waals surface area contributed by atoms with Gasteiger partial charge in [-0.05, 0) is 68.4 Å². The Morgan fingerprint density at radius 3 is 2.18 bits per heavy atom. The summed E-state index contributed by atoms with van der Waals surface area (Å²) < 4.78 is 6.16. The lowest BCUT2D eigenvalue weighted by molar-refractivity contribution is -0.138. The quantitative estimate of drug-likeness (QED) is 0.240. The maximum atomic E-state index is 12.5. The molecule has 12 heteroatoms. The van der Waals surface area contributed by atoms with E-state index in [1.165, 1.54) is 0 Å². The summed E-state index contributed by atoms with van der Waals surface area (Å²) in [5, 5.41) is 25.8. The van der Waals surface area contributed by atoms with Gasteiger partial charge in [0.1, 0.15) is 31.5 Å². The van der Waals surface area contributed by atoms with Crippen molar-refractivity contribution in [2.75, 3.05) is 13.1 Å². The van der Waals surface area contributed by atoms with Gasteiger partial charge in [0.2, 0.25) is 11.8 Å². The zero-order chi connectivity index (χ0) is 24.4. The molecule has 0 aromatic heterocycles. The molecule has 0 aliphatic rings. The first-order valence-electron chi connectivity index (χ1n) is 9.56.